The summed E-state index contributed by atoms with van der Waals surface area (Å²) in [5.41, 5.74) is 0. The summed E-state index contributed by atoms with van der Waals surface area (Å²) in [6, 6.07) is 0.272. The van der Waals surface area contributed by atoms with E-state index in [0.29, 0.717) is 0 Å². The zero-order chi connectivity index (χ0) is 13.9. The topological polar surface area (TPSA) is 59.7 Å². The van der Waals surface area contributed by atoms with Gasteiger partial charge < -0.3 is 0 Å². The van der Waals surface area contributed by atoms with E-state index in [1.54, 1.807) is 6.33 Å². The smallest absolute Gasteiger partial charge is 0.145 e. The van der Waals surface area contributed by atoms with Gasteiger partial charge in [0, 0.05) is 19.4 Å². The Morgan fingerprint density at radius 3 is 2.75 bits per heavy atom. The molecule has 0 aromatic carbocycles. The van der Waals surface area contributed by atoms with Crippen molar-refractivity contribution in [3.05, 3.63) is 34.8 Å². The molecular formula is C13H17BrN6. The maximum Gasteiger partial charge on any atom is 0.145 e. The first-order valence-electron chi connectivity index (χ1n) is 6.78. The van der Waals surface area contributed by atoms with Gasteiger partial charge >= 0.3 is 0 Å². The van der Waals surface area contributed by atoms with Crippen LogP contribution < -0.4 is 0 Å². The fraction of sp³-hybridized carbons (Fsp3) is 0.538. The SMILES string of the molecule is Cn1ncnc1CN1CCCCC1c1ncc(Br)cn1. The van der Waals surface area contributed by atoms with Crippen LogP contribution in [0.3, 0.4) is 0 Å². The number of aryl methyl sites for hydroxylation is 1. The molecule has 2 aromatic rings. The van der Waals surface area contributed by atoms with Gasteiger partial charge in [0.2, 0.25) is 0 Å². The lowest BCUT2D eigenvalue weighted by molar-refractivity contribution is 0.128. The first-order valence-corrected chi connectivity index (χ1v) is 7.57. The van der Waals surface area contributed by atoms with Gasteiger partial charge in [-0.05, 0) is 35.3 Å². The zero-order valence-electron chi connectivity index (χ0n) is 11.4. The Balaban J connectivity index is 1.80. The van der Waals surface area contributed by atoms with Gasteiger partial charge in [-0.15, -0.1) is 0 Å². The second-order valence-electron chi connectivity index (χ2n) is 5.04. The summed E-state index contributed by atoms with van der Waals surface area (Å²) in [5.74, 6) is 1.88. The van der Waals surface area contributed by atoms with Crippen LogP contribution in [0, 0.1) is 0 Å². The molecule has 1 atom stereocenters. The number of likely N-dealkylation sites (tertiary alicyclic amines) is 1. The van der Waals surface area contributed by atoms with E-state index in [9.17, 15) is 0 Å². The van der Waals surface area contributed by atoms with Crippen molar-refractivity contribution in [1.29, 1.82) is 0 Å². The highest BCUT2D eigenvalue weighted by atomic mass is 79.9. The highest BCUT2D eigenvalue weighted by Crippen LogP contribution is 2.29. The van der Waals surface area contributed by atoms with Crippen LogP contribution in [0.2, 0.25) is 0 Å². The van der Waals surface area contributed by atoms with Crippen molar-refractivity contribution in [2.45, 2.75) is 31.8 Å². The molecule has 0 N–H and O–H groups in total. The predicted octanol–water partition coefficient (Wildman–Crippen LogP) is 2.09. The standard InChI is InChI=1S/C13H17BrN6/c1-19-12(17-9-18-19)8-20-5-3-2-4-11(20)13-15-6-10(14)7-16-13/h6-7,9,11H,2-5,8H2,1H3. The van der Waals surface area contributed by atoms with Crippen molar-refractivity contribution < 1.29 is 0 Å². The Labute approximate surface area is 126 Å². The third-order valence-electron chi connectivity index (χ3n) is 3.70. The number of aromatic nitrogens is 5. The van der Waals surface area contributed by atoms with Crippen LogP contribution in [0.15, 0.2) is 23.2 Å². The maximum atomic E-state index is 4.46. The molecule has 1 unspecified atom stereocenters. The van der Waals surface area contributed by atoms with Crippen molar-refractivity contribution >= 4 is 15.9 Å². The van der Waals surface area contributed by atoms with E-state index in [4.69, 9.17) is 0 Å². The average Bonchev–Trinajstić information content (AvgIpc) is 2.86. The van der Waals surface area contributed by atoms with Crippen LogP contribution in [0.25, 0.3) is 0 Å². The largest absolute Gasteiger partial charge is 0.286 e. The highest BCUT2D eigenvalue weighted by molar-refractivity contribution is 9.10. The molecule has 3 heterocycles. The van der Waals surface area contributed by atoms with Crippen LogP contribution >= 0.6 is 15.9 Å². The lowest BCUT2D eigenvalue weighted by Gasteiger charge is -2.34. The Kier molecular flexibility index (Phi) is 4.07. The monoisotopic (exact) mass is 336 g/mol. The second kappa shape index (κ2) is 5.97. The Bertz CT molecular complexity index is 566. The number of hydrogen-bond donors (Lipinski definition) is 0. The predicted molar refractivity (Wildman–Crippen MR) is 77.7 cm³/mol. The molecule has 0 aliphatic carbocycles. The summed E-state index contributed by atoms with van der Waals surface area (Å²) < 4.78 is 2.74. The summed E-state index contributed by atoms with van der Waals surface area (Å²) in [6.45, 7) is 1.84. The van der Waals surface area contributed by atoms with E-state index >= 15 is 0 Å². The molecule has 0 radical (unpaired) electrons. The average molecular weight is 337 g/mol. The summed E-state index contributed by atoms with van der Waals surface area (Å²) >= 11 is 3.38. The van der Waals surface area contributed by atoms with Gasteiger partial charge in [0.05, 0.1) is 17.1 Å². The molecular weight excluding hydrogens is 320 g/mol. The van der Waals surface area contributed by atoms with E-state index in [2.05, 4.69) is 40.9 Å². The molecule has 1 saturated heterocycles. The number of nitrogens with zero attached hydrogens (tertiary/aromatic N) is 6. The van der Waals surface area contributed by atoms with Gasteiger partial charge in [-0.2, -0.15) is 5.10 Å². The first kappa shape index (κ1) is 13.6. The Morgan fingerprint density at radius 1 is 1.25 bits per heavy atom. The van der Waals surface area contributed by atoms with Crippen LogP contribution in [0.4, 0.5) is 0 Å². The molecule has 0 saturated carbocycles. The molecule has 0 bridgehead atoms. The van der Waals surface area contributed by atoms with Crippen molar-refractivity contribution in [2.24, 2.45) is 7.05 Å². The molecule has 0 amide bonds. The minimum absolute atomic E-state index is 0.272. The lowest BCUT2D eigenvalue weighted by Crippen LogP contribution is -2.34. The summed E-state index contributed by atoms with van der Waals surface area (Å²) in [5, 5.41) is 4.13. The van der Waals surface area contributed by atoms with E-state index in [-0.39, 0.29) is 6.04 Å². The van der Waals surface area contributed by atoms with Crippen LogP contribution in [0.5, 0.6) is 0 Å². The summed E-state index contributed by atoms with van der Waals surface area (Å²) in [4.78, 5) is 15.6. The number of rotatable bonds is 3. The van der Waals surface area contributed by atoms with Crippen molar-refractivity contribution in [3.8, 4) is 0 Å². The maximum absolute atomic E-state index is 4.46. The second-order valence-corrected chi connectivity index (χ2v) is 5.96. The van der Waals surface area contributed by atoms with Gasteiger partial charge in [-0.25, -0.2) is 15.0 Å². The van der Waals surface area contributed by atoms with Crippen molar-refractivity contribution in [3.63, 3.8) is 0 Å². The molecule has 1 aliphatic heterocycles. The van der Waals surface area contributed by atoms with Crippen molar-refractivity contribution in [2.75, 3.05) is 6.54 Å². The van der Waals surface area contributed by atoms with Crippen molar-refractivity contribution in [1.82, 2.24) is 29.6 Å². The minimum Gasteiger partial charge on any atom is -0.286 e. The molecule has 1 fully saturated rings. The Morgan fingerprint density at radius 2 is 2.05 bits per heavy atom. The molecule has 1 aliphatic rings. The quantitative estimate of drug-likeness (QED) is 0.858. The summed E-state index contributed by atoms with van der Waals surface area (Å²) in [7, 11) is 1.93. The number of halogens is 1. The number of hydrogen-bond acceptors (Lipinski definition) is 5. The van der Waals surface area contributed by atoms with Gasteiger partial charge in [0.1, 0.15) is 18.0 Å². The molecule has 106 valence electrons. The van der Waals surface area contributed by atoms with Gasteiger partial charge in [-0.3, -0.25) is 9.58 Å². The molecule has 3 rings (SSSR count). The van der Waals surface area contributed by atoms with Gasteiger partial charge in [-0.1, -0.05) is 6.42 Å². The third kappa shape index (κ3) is 2.88. The van der Waals surface area contributed by atoms with E-state index in [1.165, 1.54) is 12.8 Å². The Hall–Kier alpha value is -1.34. The minimum atomic E-state index is 0.272. The van der Waals surface area contributed by atoms with Crippen LogP contribution in [-0.2, 0) is 13.6 Å². The molecule has 2 aromatic heterocycles. The van der Waals surface area contributed by atoms with E-state index in [1.807, 2.05) is 24.1 Å². The van der Waals surface area contributed by atoms with Crippen LogP contribution in [-0.4, -0.2) is 36.2 Å². The van der Waals surface area contributed by atoms with E-state index in [0.717, 1.165) is 35.6 Å². The van der Waals surface area contributed by atoms with E-state index < -0.39 is 0 Å². The van der Waals surface area contributed by atoms with Gasteiger partial charge in [0.25, 0.3) is 0 Å². The molecule has 7 heteroatoms. The van der Waals surface area contributed by atoms with Crippen LogP contribution in [0.1, 0.15) is 37.0 Å². The highest BCUT2D eigenvalue weighted by Gasteiger charge is 2.27. The van der Waals surface area contributed by atoms with Gasteiger partial charge in [0.15, 0.2) is 0 Å². The molecule has 6 nitrogen and oxygen atoms in total. The first-order chi connectivity index (χ1) is 9.74. The normalized spacial score (nSPS) is 20.2. The summed E-state index contributed by atoms with van der Waals surface area (Å²) in [6.07, 6.45) is 8.77. The lowest BCUT2D eigenvalue weighted by atomic mass is 10.0. The fourth-order valence-corrected chi connectivity index (χ4v) is 2.82. The molecule has 0 spiro atoms. The zero-order valence-corrected chi connectivity index (χ0v) is 13.0. The third-order valence-corrected chi connectivity index (χ3v) is 4.11. The molecule has 20 heavy (non-hydrogen) atoms. The number of piperidine rings is 1. The fourth-order valence-electron chi connectivity index (χ4n) is 2.61.